The van der Waals surface area contributed by atoms with Gasteiger partial charge in [-0.2, -0.15) is 0 Å². The molecule has 2 amide bonds. The van der Waals surface area contributed by atoms with Crippen molar-refractivity contribution in [3.8, 4) is 0 Å². The maximum atomic E-state index is 12.3. The van der Waals surface area contributed by atoms with Gasteiger partial charge in [0.15, 0.2) is 5.78 Å². The van der Waals surface area contributed by atoms with Crippen LogP contribution in [0.1, 0.15) is 24.2 Å². The van der Waals surface area contributed by atoms with Crippen LogP contribution in [-0.2, 0) is 9.59 Å². The van der Waals surface area contributed by atoms with E-state index in [1.807, 2.05) is 18.4 Å². The first-order valence-electron chi connectivity index (χ1n) is 6.61. The van der Waals surface area contributed by atoms with E-state index in [-0.39, 0.29) is 30.7 Å². The van der Waals surface area contributed by atoms with Gasteiger partial charge >= 0.3 is 0 Å². The molecule has 1 aromatic rings. The van der Waals surface area contributed by atoms with Crippen LogP contribution in [0.15, 0.2) is 29.2 Å². The third-order valence-corrected chi connectivity index (χ3v) is 4.42. The van der Waals surface area contributed by atoms with E-state index in [4.69, 9.17) is 0 Å². The van der Waals surface area contributed by atoms with Gasteiger partial charge in [0.2, 0.25) is 11.8 Å². The Kier molecular flexibility index (Phi) is 4.49. The Morgan fingerprint density at radius 1 is 1.29 bits per heavy atom. The minimum Gasteiger partial charge on any atom is -0.294 e. The molecule has 1 heterocycles. The lowest BCUT2D eigenvalue weighted by Gasteiger charge is -2.39. The van der Waals surface area contributed by atoms with Crippen molar-refractivity contribution in [2.45, 2.75) is 24.3 Å². The first kappa shape index (κ1) is 15.7. The van der Waals surface area contributed by atoms with E-state index >= 15 is 0 Å². The zero-order valence-corrected chi connectivity index (χ0v) is 13.1. The SMILES string of the molecule is CSc1ccc(C(=O)CN2CC(=O)NC(=O)C2(C)C)cc1. The van der Waals surface area contributed by atoms with E-state index in [1.165, 1.54) is 0 Å². The standard InChI is InChI=1S/C15H18N2O3S/c1-15(2)14(20)16-13(19)9-17(15)8-12(18)10-4-6-11(21-3)7-5-10/h4-7H,8-9H2,1-3H3,(H,16,19,20). The first-order chi connectivity index (χ1) is 9.84. The minimum atomic E-state index is -0.872. The molecule has 0 bridgehead atoms. The van der Waals surface area contributed by atoms with Crippen LogP contribution in [0.3, 0.4) is 0 Å². The molecule has 112 valence electrons. The molecule has 0 atom stereocenters. The topological polar surface area (TPSA) is 66.5 Å². The summed E-state index contributed by atoms with van der Waals surface area (Å²) in [6, 6.07) is 7.31. The van der Waals surface area contributed by atoms with Crippen LogP contribution in [-0.4, -0.2) is 47.4 Å². The van der Waals surface area contributed by atoms with E-state index < -0.39 is 5.54 Å². The van der Waals surface area contributed by atoms with Gasteiger partial charge in [0.25, 0.3) is 0 Å². The molecule has 1 N–H and O–H groups in total. The van der Waals surface area contributed by atoms with Crippen LogP contribution in [0.2, 0.25) is 0 Å². The Balaban J connectivity index is 2.13. The zero-order valence-electron chi connectivity index (χ0n) is 12.3. The summed E-state index contributed by atoms with van der Waals surface area (Å²) in [6.07, 6.45) is 1.97. The third kappa shape index (κ3) is 3.33. The molecule has 0 unspecified atom stereocenters. The van der Waals surface area contributed by atoms with Gasteiger partial charge in [-0.1, -0.05) is 12.1 Å². The number of Topliss-reactive ketones (excluding diaryl/α,β-unsaturated/α-hetero) is 1. The van der Waals surface area contributed by atoms with Crippen LogP contribution in [0.5, 0.6) is 0 Å². The predicted octanol–water partition coefficient (Wildman–Crippen LogP) is 1.33. The highest BCUT2D eigenvalue weighted by molar-refractivity contribution is 7.98. The van der Waals surface area contributed by atoms with Crippen molar-refractivity contribution < 1.29 is 14.4 Å². The molecule has 0 saturated carbocycles. The van der Waals surface area contributed by atoms with Crippen molar-refractivity contribution in [1.29, 1.82) is 0 Å². The molecule has 2 rings (SSSR count). The Morgan fingerprint density at radius 3 is 2.48 bits per heavy atom. The van der Waals surface area contributed by atoms with E-state index in [2.05, 4.69) is 5.32 Å². The number of amides is 2. The summed E-state index contributed by atoms with van der Waals surface area (Å²) in [6.45, 7) is 3.51. The fraction of sp³-hybridized carbons (Fsp3) is 0.400. The van der Waals surface area contributed by atoms with E-state index in [1.54, 1.807) is 42.6 Å². The lowest BCUT2D eigenvalue weighted by Crippen LogP contribution is -2.64. The quantitative estimate of drug-likeness (QED) is 0.516. The minimum absolute atomic E-state index is 0.0464. The number of ketones is 1. The fourth-order valence-electron chi connectivity index (χ4n) is 2.13. The van der Waals surface area contributed by atoms with Crippen molar-refractivity contribution in [3.05, 3.63) is 29.8 Å². The molecule has 1 aliphatic rings. The highest BCUT2D eigenvalue weighted by Gasteiger charge is 2.41. The second-order valence-corrected chi connectivity index (χ2v) is 6.32. The van der Waals surface area contributed by atoms with Crippen LogP contribution >= 0.6 is 11.8 Å². The van der Waals surface area contributed by atoms with Crippen LogP contribution < -0.4 is 5.32 Å². The number of nitrogens with one attached hydrogen (secondary N) is 1. The zero-order chi connectivity index (χ0) is 15.6. The number of carbonyl (C=O) groups excluding carboxylic acids is 3. The number of benzene rings is 1. The van der Waals surface area contributed by atoms with E-state index in [0.717, 1.165) is 4.90 Å². The second-order valence-electron chi connectivity index (χ2n) is 5.44. The van der Waals surface area contributed by atoms with Crippen molar-refractivity contribution in [1.82, 2.24) is 10.2 Å². The molecular weight excluding hydrogens is 288 g/mol. The van der Waals surface area contributed by atoms with Crippen LogP contribution in [0, 0.1) is 0 Å². The Bertz CT molecular complexity index is 581. The lowest BCUT2D eigenvalue weighted by molar-refractivity contribution is -0.144. The first-order valence-corrected chi connectivity index (χ1v) is 7.83. The Labute approximate surface area is 128 Å². The number of imide groups is 1. The summed E-state index contributed by atoms with van der Waals surface area (Å²) in [5.41, 5.74) is -0.287. The summed E-state index contributed by atoms with van der Waals surface area (Å²) >= 11 is 1.61. The summed E-state index contributed by atoms with van der Waals surface area (Å²) in [5.74, 6) is -0.840. The highest BCUT2D eigenvalue weighted by atomic mass is 32.2. The molecule has 0 radical (unpaired) electrons. The second kappa shape index (κ2) is 5.99. The van der Waals surface area contributed by atoms with Gasteiger partial charge in [-0.05, 0) is 32.2 Å². The molecule has 1 aliphatic heterocycles. The Hall–Kier alpha value is -1.66. The van der Waals surface area contributed by atoms with Gasteiger partial charge in [0.05, 0.1) is 18.6 Å². The number of piperazine rings is 1. The molecule has 6 heteroatoms. The lowest BCUT2D eigenvalue weighted by atomic mass is 9.97. The van der Waals surface area contributed by atoms with Crippen molar-refractivity contribution in [2.75, 3.05) is 19.3 Å². The maximum Gasteiger partial charge on any atom is 0.246 e. The van der Waals surface area contributed by atoms with Gasteiger partial charge in [-0.25, -0.2) is 0 Å². The summed E-state index contributed by atoms with van der Waals surface area (Å²) in [7, 11) is 0. The van der Waals surface area contributed by atoms with Crippen molar-refractivity contribution in [3.63, 3.8) is 0 Å². The largest absolute Gasteiger partial charge is 0.294 e. The average Bonchev–Trinajstić information content (AvgIpc) is 2.45. The molecule has 0 aromatic heterocycles. The Morgan fingerprint density at radius 2 is 1.90 bits per heavy atom. The van der Waals surface area contributed by atoms with Crippen molar-refractivity contribution >= 4 is 29.4 Å². The number of hydrogen-bond acceptors (Lipinski definition) is 5. The number of hydrogen-bond donors (Lipinski definition) is 1. The van der Waals surface area contributed by atoms with Crippen LogP contribution in [0.25, 0.3) is 0 Å². The highest BCUT2D eigenvalue weighted by Crippen LogP contribution is 2.20. The summed E-state index contributed by atoms with van der Waals surface area (Å²) in [5, 5.41) is 2.29. The third-order valence-electron chi connectivity index (χ3n) is 3.68. The number of rotatable bonds is 4. The van der Waals surface area contributed by atoms with Crippen LogP contribution in [0.4, 0.5) is 0 Å². The molecule has 0 spiro atoms. The van der Waals surface area contributed by atoms with Gasteiger partial charge in [0.1, 0.15) is 0 Å². The summed E-state index contributed by atoms with van der Waals surface area (Å²) < 4.78 is 0. The van der Waals surface area contributed by atoms with Gasteiger partial charge < -0.3 is 0 Å². The molecular formula is C15H18N2O3S. The monoisotopic (exact) mass is 306 g/mol. The number of thioether (sulfide) groups is 1. The molecule has 1 fully saturated rings. The molecule has 1 saturated heterocycles. The molecule has 0 aliphatic carbocycles. The molecule has 21 heavy (non-hydrogen) atoms. The van der Waals surface area contributed by atoms with Gasteiger partial charge in [-0.3, -0.25) is 24.6 Å². The smallest absolute Gasteiger partial charge is 0.246 e. The van der Waals surface area contributed by atoms with E-state index in [0.29, 0.717) is 5.56 Å². The fourth-order valence-corrected chi connectivity index (χ4v) is 2.54. The molecule has 5 nitrogen and oxygen atoms in total. The normalized spacial score (nSPS) is 18.4. The van der Waals surface area contributed by atoms with Gasteiger partial charge in [0, 0.05) is 10.5 Å². The van der Waals surface area contributed by atoms with Gasteiger partial charge in [-0.15, -0.1) is 11.8 Å². The number of carbonyl (C=O) groups is 3. The average molecular weight is 306 g/mol. The summed E-state index contributed by atoms with van der Waals surface area (Å²) in [4.78, 5) is 38.4. The van der Waals surface area contributed by atoms with Crippen molar-refractivity contribution in [2.24, 2.45) is 0 Å². The molecule has 1 aromatic carbocycles. The predicted molar refractivity (Wildman–Crippen MR) is 81.4 cm³/mol. The number of nitrogens with zero attached hydrogens (tertiary/aromatic N) is 1. The maximum absolute atomic E-state index is 12.3. The van der Waals surface area contributed by atoms with E-state index in [9.17, 15) is 14.4 Å².